The van der Waals surface area contributed by atoms with Crippen molar-refractivity contribution in [2.45, 2.75) is 32.4 Å². The zero-order chi connectivity index (χ0) is 14.7. The summed E-state index contributed by atoms with van der Waals surface area (Å²) >= 11 is 3.54. The fourth-order valence-corrected chi connectivity index (χ4v) is 2.79. The molecule has 1 heterocycles. The molecule has 108 valence electrons. The lowest BCUT2D eigenvalue weighted by Gasteiger charge is -2.17. The molecule has 1 unspecified atom stereocenters. The molecule has 0 saturated heterocycles. The molecule has 0 aliphatic carbocycles. The molecule has 0 aliphatic rings. The lowest BCUT2D eigenvalue weighted by atomic mass is 10.0. The highest BCUT2D eigenvalue weighted by Gasteiger charge is 2.18. The van der Waals surface area contributed by atoms with E-state index in [1.54, 1.807) is 7.11 Å². The van der Waals surface area contributed by atoms with Gasteiger partial charge in [-0.25, -0.2) is 0 Å². The predicted molar refractivity (Wildman–Crippen MR) is 83.9 cm³/mol. The minimum Gasteiger partial charge on any atom is -0.497 e. The molecular weight excluding hydrogens is 318 g/mol. The van der Waals surface area contributed by atoms with Gasteiger partial charge in [-0.05, 0) is 53.9 Å². The highest BCUT2D eigenvalue weighted by Crippen LogP contribution is 2.27. The van der Waals surface area contributed by atoms with Gasteiger partial charge in [0.15, 0.2) is 0 Å². The van der Waals surface area contributed by atoms with Crippen LogP contribution in [0.4, 0.5) is 0 Å². The summed E-state index contributed by atoms with van der Waals surface area (Å²) in [7, 11) is 1.67. The average Bonchev–Trinajstić information content (AvgIpc) is 2.81. The van der Waals surface area contributed by atoms with Gasteiger partial charge in [-0.15, -0.1) is 0 Å². The van der Waals surface area contributed by atoms with E-state index >= 15 is 0 Å². The average molecular weight is 338 g/mol. The second-order valence-electron chi connectivity index (χ2n) is 5.07. The van der Waals surface area contributed by atoms with Crippen LogP contribution in [0, 0.1) is 0 Å². The molecule has 1 atom stereocenters. The molecule has 0 fully saturated rings. The van der Waals surface area contributed by atoms with E-state index in [1.165, 1.54) is 5.56 Å². The number of nitrogens with two attached hydrogens (primary N) is 1. The van der Waals surface area contributed by atoms with Crippen LogP contribution in [0.2, 0.25) is 0 Å². The fourth-order valence-electron chi connectivity index (χ4n) is 2.22. The summed E-state index contributed by atoms with van der Waals surface area (Å²) < 4.78 is 8.10. The minimum atomic E-state index is -0.0948. The van der Waals surface area contributed by atoms with Crippen LogP contribution >= 0.6 is 15.9 Å². The quantitative estimate of drug-likeness (QED) is 0.908. The number of halogens is 1. The number of hydrogen-bond donors (Lipinski definition) is 1. The van der Waals surface area contributed by atoms with Gasteiger partial charge in [-0.1, -0.05) is 12.1 Å². The van der Waals surface area contributed by atoms with E-state index in [0.717, 1.165) is 22.3 Å². The third-order valence-electron chi connectivity index (χ3n) is 3.24. The highest BCUT2D eigenvalue weighted by atomic mass is 79.9. The Labute approximate surface area is 128 Å². The Morgan fingerprint density at radius 3 is 2.50 bits per heavy atom. The summed E-state index contributed by atoms with van der Waals surface area (Å²) in [6.07, 6.45) is 2.57. The van der Waals surface area contributed by atoms with Crippen LogP contribution < -0.4 is 10.5 Å². The first-order valence-electron chi connectivity index (χ1n) is 6.64. The summed E-state index contributed by atoms with van der Waals surface area (Å²) in [5, 5.41) is 4.38. The minimum absolute atomic E-state index is 0.0948. The Kier molecular flexibility index (Phi) is 4.83. The van der Waals surface area contributed by atoms with Crippen molar-refractivity contribution in [3.05, 3.63) is 46.2 Å². The van der Waals surface area contributed by atoms with Crippen molar-refractivity contribution in [1.29, 1.82) is 0 Å². The van der Waals surface area contributed by atoms with Gasteiger partial charge < -0.3 is 10.5 Å². The summed E-state index contributed by atoms with van der Waals surface area (Å²) in [6.45, 7) is 4.20. The summed E-state index contributed by atoms with van der Waals surface area (Å²) in [4.78, 5) is 0. The van der Waals surface area contributed by atoms with Gasteiger partial charge in [0.05, 0.1) is 29.5 Å². The van der Waals surface area contributed by atoms with Crippen LogP contribution in [0.5, 0.6) is 5.75 Å². The molecule has 0 bridgehead atoms. The van der Waals surface area contributed by atoms with Crippen LogP contribution in [-0.2, 0) is 6.42 Å². The topological polar surface area (TPSA) is 53.1 Å². The van der Waals surface area contributed by atoms with E-state index in [0.29, 0.717) is 6.04 Å². The first-order valence-corrected chi connectivity index (χ1v) is 7.43. The van der Waals surface area contributed by atoms with Gasteiger partial charge in [-0.3, -0.25) is 4.68 Å². The van der Waals surface area contributed by atoms with E-state index in [9.17, 15) is 0 Å². The largest absolute Gasteiger partial charge is 0.497 e. The molecule has 0 radical (unpaired) electrons. The molecule has 1 aromatic heterocycles. The van der Waals surface area contributed by atoms with Gasteiger partial charge in [-0.2, -0.15) is 5.10 Å². The molecule has 5 heteroatoms. The van der Waals surface area contributed by atoms with Gasteiger partial charge in [0.2, 0.25) is 0 Å². The number of rotatable bonds is 5. The standard InChI is InChI=1S/C15H20BrN3O/c1-10(2)19-15(13(16)9-18-19)14(17)8-11-4-6-12(20-3)7-5-11/h4-7,9-10,14H,8,17H2,1-3H3. The van der Waals surface area contributed by atoms with Gasteiger partial charge >= 0.3 is 0 Å². The van der Waals surface area contributed by atoms with Crippen molar-refractivity contribution in [1.82, 2.24) is 9.78 Å². The van der Waals surface area contributed by atoms with Crippen LogP contribution in [0.15, 0.2) is 34.9 Å². The Bertz CT molecular complexity index is 563. The Balaban J connectivity index is 2.19. The first kappa shape index (κ1) is 15.1. The van der Waals surface area contributed by atoms with Crippen molar-refractivity contribution in [3.8, 4) is 5.75 Å². The molecule has 2 aromatic rings. The normalized spacial score (nSPS) is 12.7. The number of benzene rings is 1. The third-order valence-corrected chi connectivity index (χ3v) is 3.85. The third kappa shape index (κ3) is 3.22. The first-order chi connectivity index (χ1) is 9.52. The highest BCUT2D eigenvalue weighted by molar-refractivity contribution is 9.10. The maximum atomic E-state index is 6.36. The van der Waals surface area contributed by atoms with E-state index < -0.39 is 0 Å². The second kappa shape index (κ2) is 6.41. The van der Waals surface area contributed by atoms with Gasteiger partial charge in [0, 0.05) is 6.04 Å². The molecule has 2 N–H and O–H groups in total. The van der Waals surface area contributed by atoms with Crippen molar-refractivity contribution in [2.75, 3.05) is 7.11 Å². The number of nitrogens with zero attached hydrogens (tertiary/aromatic N) is 2. The maximum Gasteiger partial charge on any atom is 0.118 e. The number of ether oxygens (including phenoxy) is 1. The number of hydrogen-bond acceptors (Lipinski definition) is 3. The lowest BCUT2D eigenvalue weighted by molar-refractivity contribution is 0.414. The monoisotopic (exact) mass is 337 g/mol. The lowest BCUT2D eigenvalue weighted by Crippen LogP contribution is -2.20. The SMILES string of the molecule is COc1ccc(CC(N)c2c(Br)cnn2C(C)C)cc1. The molecule has 0 amide bonds. The van der Waals surface area contributed by atoms with Crippen molar-refractivity contribution in [3.63, 3.8) is 0 Å². The van der Waals surface area contributed by atoms with Crippen molar-refractivity contribution < 1.29 is 4.74 Å². The van der Waals surface area contributed by atoms with Crippen LogP contribution in [0.1, 0.15) is 37.2 Å². The molecule has 20 heavy (non-hydrogen) atoms. The maximum absolute atomic E-state index is 6.36. The number of aromatic nitrogens is 2. The van der Waals surface area contributed by atoms with Gasteiger partial charge in [0.1, 0.15) is 5.75 Å². The molecule has 2 rings (SSSR count). The molecule has 0 spiro atoms. The molecular formula is C15H20BrN3O. The summed E-state index contributed by atoms with van der Waals surface area (Å²) in [5.41, 5.74) is 8.58. The zero-order valence-electron chi connectivity index (χ0n) is 12.0. The number of methoxy groups -OCH3 is 1. The van der Waals surface area contributed by atoms with E-state index in [4.69, 9.17) is 10.5 Å². The smallest absolute Gasteiger partial charge is 0.118 e. The molecule has 0 saturated carbocycles. The van der Waals surface area contributed by atoms with Crippen LogP contribution in [0.25, 0.3) is 0 Å². The molecule has 4 nitrogen and oxygen atoms in total. The molecule has 0 aliphatic heterocycles. The molecule has 1 aromatic carbocycles. The second-order valence-corrected chi connectivity index (χ2v) is 5.93. The summed E-state index contributed by atoms with van der Waals surface area (Å²) in [5.74, 6) is 0.857. The van der Waals surface area contributed by atoms with Crippen molar-refractivity contribution >= 4 is 15.9 Å². The van der Waals surface area contributed by atoms with Crippen molar-refractivity contribution in [2.24, 2.45) is 5.73 Å². The zero-order valence-corrected chi connectivity index (χ0v) is 13.6. The summed E-state index contributed by atoms with van der Waals surface area (Å²) in [6, 6.07) is 8.19. The Morgan fingerprint density at radius 1 is 1.30 bits per heavy atom. The fraction of sp³-hybridized carbons (Fsp3) is 0.400. The van der Waals surface area contributed by atoms with E-state index in [1.807, 2.05) is 35.1 Å². The van der Waals surface area contributed by atoms with Crippen LogP contribution in [0.3, 0.4) is 0 Å². The van der Waals surface area contributed by atoms with Gasteiger partial charge in [0.25, 0.3) is 0 Å². The Hall–Kier alpha value is -1.33. The predicted octanol–water partition coefficient (Wildman–Crippen LogP) is 3.48. The van der Waals surface area contributed by atoms with E-state index in [2.05, 4.69) is 34.9 Å². The van der Waals surface area contributed by atoms with Crippen LogP contribution in [-0.4, -0.2) is 16.9 Å². The Morgan fingerprint density at radius 2 is 1.95 bits per heavy atom. The van der Waals surface area contributed by atoms with E-state index in [-0.39, 0.29) is 6.04 Å².